The molecule has 60 valence electrons. The van der Waals surface area contributed by atoms with E-state index in [2.05, 4.69) is 20.2 Å². The number of nitrogens with zero attached hydrogens (tertiary/aromatic N) is 5. The average Bonchev–Trinajstić information content (AvgIpc) is 2.57. The van der Waals surface area contributed by atoms with Gasteiger partial charge in [-0.15, -0.1) is 10.2 Å². The number of rotatable bonds is 1. The van der Waals surface area contributed by atoms with Crippen LogP contribution in [0.2, 0.25) is 0 Å². The van der Waals surface area contributed by atoms with Gasteiger partial charge in [0.25, 0.3) is 0 Å². The fourth-order valence-corrected chi connectivity index (χ4v) is 0.856. The smallest absolute Gasteiger partial charge is 0.151 e. The van der Waals surface area contributed by atoms with Crippen molar-refractivity contribution in [1.82, 2.24) is 24.7 Å². The van der Waals surface area contributed by atoms with E-state index in [4.69, 9.17) is 5.73 Å². The number of hydrogen-bond acceptors (Lipinski definition) is 5. The van der Waals surface area contributed by atoms with Crippen LogP contribution in [0.5, 0.6) is 0 Å². The molecule has 0 saturated carbocycles. The zero-order valence-electron chi connectivity index (χ0n) is 6.12. The average molecular weight is 162 g/mol. The van der Waals surface area contributed by atoms with Gasteiger partial charge >= 0.3 is 0 Å². The summed E-state index contributed by atoms with van der Waals surface area (Å²) in [4.78, 5) is 7.66. The second-order valence-electron chi connectivity index (χ2n) is 2.16. The van der Waals surface area contributed by atoms with Gasteiger partial charge in [0.15, 0.2) is 5.82 Å². The van der Waals surface area contributed by atoms with Crippen molar-refractivity contribution in [3.63, 3.8) is 0 Å². The minimum atomic E-state index is 0.407. The summed E-state index contributed by atoms with van der Waals surface area (Å²) in [5.74, 6) is 0.407. The molecule has 0 atom stereocenters. The maximum atomic E-state index is 5.58. The summed E-state index contributed by atoms with van der Waals surface area (Å²) in [5.41, 5.74) is 6.27. The molecule has 6 heteroatoms. The fraction of sp³-hybridized carbons (Fsp3) is 0. The summed E-state index contributed by atoms with van der Waals surface area (Å²) in [6, 6.07) is 0. The predicted octanol–water partition coefficient (Wildman–Crippen LogP) is -0.361. The molecule has 2 N–H and O–H groups in total. The first kappa shape index (κ1) is 6.71. The van der Waals surface area contributed by atoms with E-state index in [1.54, 1.807) is 10.8 Å². The van der Waals surface area contributed by atoms with E-state index in [9.17, 15) is 0 Å². The van der Waals surface area contributed by atoms with Gasteiger partial charge in [0.05, 0.1) is 6.20 Å². The molecule has 0 aliphatic carbocycles. The Morgan fingerprint density at radius 2 is 2.00 bits per heavy atom. The minimum Gasteiger partial charge on any atom is -0.382 e. The Kier molecular flexibility index (Phi) is 1.44. The highest BCUT2D eigenvalue weighted by Crippen LogP contribution is 2.09. The number of hydrogen-bond donors (Lipinski definition) is 1. The van der Waals surface area contributed by atoms with Crippen LogP contribution in [0.25, 0.3) is 5.69 Å². The first-order valence-electron chi connectivity index (χ1n) is 3.28. The van der Waals surface area contributed by atoms with E-state index in [0.717, 1.165) is 0 Å². The molecule has 12 heavy (non-hydrogen) atoms. The third kappa shape index (κ3) is 0.986. The Hall–Kier alpha value is -1.98. The number of nitrogen functional groups attached to an aromatic ring is 1. The van der Waals surface area contributed by atoms with Gasteiger partial charge in [0, 0.05) is 0 Å². The number of aromatic nitrogens is 5. The monoisotopic (exact) mass is 162 g/mol. The van der Waals surface area contributed by atoms with Crippen molar-refractivity contribution in [2.75, 3.05) is 5.73 Å². The second kappa shape index (κ2) is 2.57. The maximum absolute atomic E-state index is 5.58. The lowest BCUT2D eigenvalue weighted by molar-refractivity contribution is 1.01. The van der Waals surface area contributed by atoms with Crippen molar-refractivity contribution in [3.05, 3.63) is 25.2 Å². The van der Waals surface area contributed by atoms with E-state index in [0.29, 0.717) is 11.5 Å². The van der Waals surface area contributed by atoms with Crippen LogP contribution < -0.4 is 5.73 Å². The van der Waals surface area contributed by atoms with Gasteiger partial charge in [-0.1, -0.05) is 0 Å². The molecule has 0 aliphatic rings. The highest BCUT2D eigenvalue weighted by molar-refractivity contribution is 5.49. The van der Waals surface area contributed by atoms with Gasteiger partial charge in [-0.3, -0.25) is 4.57 Å². The van der Waals surface area contributed by atoms with Crippen LogP contribution in [0.1, 0.15) is 0 Å². The Bertz CT molecular complexity index is 367. The largest absolute Gasteiger partial charge is 0.382 e. The van der Waals surface area contributed by atoms with Gasteiger partial charge in [0.2, 0.25) is 0 Å². The zero-order chi connectivity index (χ0) is 8.39. The maximum Gasteiger partial charge on any atom is 0.151 e. The van der Waals surface area contributed by atoms with Crippen LogP contribution in [0.4, 0.5) is 5.82 Å². The lowest BCUT2D eigenvalue weighted by atomic mass is 10.5. The summed E-state index contributed by atoms with van der Waals surface area (Å²) in [6.07, 6.45) is 6.07. The van der Waals surface area contributed by atoms with E-state index >= 15 is 0 Å². The summed E-state index contributed by atoms with van der Waals surface area (Å²) in [5, 5.41) is 7.28. The molecule has 0 amide bonds. The van der Waals surface area contributed by atoms with E-state index in [-0.39, 0.29) is 0 Å². The van der Waals surface area contributed by atoms with Gasteiger partial charge in [0.1, 0.15) is 24.7 Å². The van der Waals surface area contributed by atoms with Crippen LogP contribution >= 0.6 is 0 Å². The lowest BCUT2D eigenvalue weighted by Crippen LogP contribution is -2.00. The molecule has 0 unspecified atom stereocenters. The molecule has 0 aromatic carbocycles. The van der Waals surface area contributed by atoms with Crippen LogP contribution in [0.3, 0.4) is 0 Å². The topological polar surface area (TPSA) is 82.5 Å². The second-order valence-corrected chi connectivity index (χ2v) is 2.16. The van der Waals surface area contributed by atoms with Crippen LogP contribution in [-0.4, -0.2) is 24.7 Å². The first-order valence-corrected chi connectivity index (χ1v) is 3.28. The van der Waals surface area contributed by atoms with Gasteiger partial charge in [-0.05, 0) is 0 Å². The third-order valence-corrected chi connectivity index (χ3v) is 1.42. The van der Waals surface area contributed by atoms with Crippen LogP contribution in [-0.2, 0) is 0 Å². The molecule has 0 spiro atoms. The Labute approximate surface area is 68.1 Å². The number of nitrogens with two attached hydrogens (primary N) is 1. The summed E-state index contributed by atoms with van der Waals surface area (Å²) >= 11 is 0. The van der Waals surface area contributed by atoms with Crippen molar-refractivity contribution in [3.8, 4) is 5.69 Å². The van der Waals surface area contributed by atoms with E-state index < -0.39 is 0 Å². The quantitative estimate of drug-likeness (QED) is 0.619. The summed E-state index contributed by atoms with van der Waals surface area (Å²) in [7, 11) is 0. The highest BCUT2D eigenvalue weighted by atomic mass is 15.2. The minimum absolute atomic E-state index is 0.407. The summed E-state index contributed by atoms with van der Waals surface area (Å²) in [6.45, 7) is 0. The van der Waals surface area contributed by atoms with Gasteiger partial charge in [-0.25, -0.2) is 9.97 Å². The molecule has 0 aliphatic heterocycles. The van der Waals surface area contributed by atoms with Crippen LogP contribution in [0.15, 0.2) is 25.2 Å². The SMILES string of the molecule is Nc1ncncc1-n1cnnc1. The van der Waals surface area contributed by atoms with Crippen molar-refractivity contribution in [1.29, 1.82) is 0 Å². The van der Waals surface area contributed by atoms with E-state index in [1.165, 1.54) is 19.0 Å². The molecular formula is C6H6N6. The lowest BCUT2D eigenvalue weighted by Gasteiger charge is -2.01. The molecule has 2 aromatic heterocycles. The predicted molar refractivity (Wildman–Crippen MR) is 41.4 cm³/mol. The molecule has 0 fully saturated rings. The van der Waals surface area contributed by atoms with E-state index in [1.807, 2.05) is 0 Å². The van der Waals surface area contributed by atoms with Crippen molar-refractivity contribution in [2.45, 2.75) is 0 Å². The van der Waals surface area contributed by atoms with Crippen molar-refractivity contribution < 1.29 is 0 Å². The molecule has 6 nitrogen and oxygen atoms in total. The number of anilines is 1. The Balaban J connectivity index is 2.55. The zero-order valence-corrected chi connectivity index (χ0v) is 6.12. The standard InChI is InChI=1S/C6H6N6/c7-6-5(1-8-2-9-6)12-3-10-11-4-12/h1-4H,(H2,7,8,9). The highest BCUT2D eigenvalue weighted by Gasteiger charge is 2.00. The van der Waals surface area contributed by atoms with Gasteiger partial charge < -0.3 is 5.73 Å². The van der Waals surface area contributed by atoms with Crippen LogP contribution in [0, 0.1) is 0 Å². The molecule has 0 radical (unpaired) electrons. The molecule has 0 saturated heterocycles. The Morgan fingerprint density at radius 1 is 1.25 bits per heavy atom. The molecule has 2 rings (SSSR count). The molecular weight excluding hydrogens is 156 g/mol. The van der Waals surface area contributed by atoms with Crippen molar-refractivity contribution in [2.24, 2.45) is 0 Å². The third-order valence-electron chi connectivity index (χ3n) is 1.42. The Morgan fingerprint density at radius 3 is 2.67 bits per heavy atom. The first-order chi connectivity index (χ1) is 5.88. The fourth-order valence-electron chi connectivity index (χ4n) is 0.856. The molecule has 2 heterocycles. The molecule has 2 aromatic rings. The van der Waals surface area contributed by atoms with Gasteiger partial charge in [-0.2, -0.15) is 0 Å². The van der Waals surface area contributed by atoms with Crippen molar-refractivity contribution >= 4 is 5.82 Å². The molecule has 0 bridgehead atoms. The summed E-state index contributed by atoms with van der Waals surface area (Å²) < 4.78 is 1.65. The normalized spacial score (nSPS) is 10.0.